The summed E-state index contributed by atoms with van der Waals surface area (Å²) in [6.45, 7) is 0. The third-order valence-corrected chi connectivity index (χ3v) is 3.60. The van der Waals surface area contributed by atoms with Crippen molar-refractivity contribution in [3.63, 3.8) is 0 Å². The molecular formula is C16H13N5O. The number of hydrogen-bond acceptors (Lipinski definition) is 4. The molecule has 6 nitrogen and oxygen atoms in total. The Balaban J connectivity index is 1.79. The lowest BCUT2D eigenvalue weighted by Crippen LogP contribution is -1.94. The van der Waals surface area contributed by atoms with Gasteiger partial charge in [-0.1, -0.05) is 24.3 Å². The number of methoxy groups -OCH3 is 1. The van der Waals surface area contributed by atoms with Crippen LogP contribution < -0.4 is 4.74 Å². The Hall–Kier alpha value is -3.15. The zero-order chi connectivity index (χ0) is 14.9. The van der Waals surface area contributed by atoms with Gasteiger partial charge in [0, 0.05) is 29.7 Å². The van der Waals surface area contributed by atoms with E-state index in [0.29, 0.717) is 11.5 Å². The molecule has 0 spiro atoms. The molecule has 0 aliphatic heterocycles. The second kappa shape index (κ2) is 5.00. The summed E-state index contributed by atoms with van der Waals surface area (Å²) in [6.07, 6.45) is 9.09. The zero-order valence-electron chi connectivity index (χ0n) is 11.9. The maximum Gasteiger partial charge on any atom is 0.258 e. The predicted octanol–water partition coefficient (Wildman–Crippen LogP) is 2.79. The second-order valence-corrected chi connectivity index (χ2v) is 4.84. The molecular weight excluding hydrogens is 278 g/mol. The first kappa shape index (κ1) is 12.6. The van der Waals surface area contributed by atoms with Crippen LogP contribution in [0.2, 0.25) is 0 Å². The number of rotatable bonds is 3. The Morgan fingerprint density at radius 3 is 2.55 bits per heavy atom. The second-order valence-electron chi connectivity index (χ2n) is 4.84. The third kappa shape index (κ3) is 1.93. The number of benzene rings is 1. The molecule has 0 amide bonds. The quantitative estimate of drug-likeness (QED) is 0.630. The minimum atomic E-state index is 0.517. The Morgan fingerprint density at radius 1 is 1.00 bits per heavy atom. The first-order chi connectivity index (χ1) is 10.9. The van der Waals surface area contributed by atoms with E-state index in [1.807, 2.05) is 23.0 Å². The third-order valence-electron chi connectivity index (χ3n) is 3.60. The van der Waals surface area contributed by atoms with Crippen LogP contribution in [0.25, 0.3) is 28.0 Å². The number of hydrogen-bond donors (Lipinski definition) is 1. The highest BCUT2D eigenvalue weighted by Gasteiger charge is 2.10. The van der Waals surface area contributed by atoms with Crippen molar-refractivity contribution in [1.82, 2.24) is 24.6 Å². The number of H-pyrrole nitrogens is 1. The van der Waals surface area contributed by atoms with Crippen molar-refractivity contribution < 1.29 is 4.74 Å². The van der Waals surface area contributed by atoms with Gasteiger partial charge in [-0.05, 0) is 5.56 Å². The Bertz CT molecular complexity index is 910. The first-order valence-electron chi connectivity index (χ1n) is 6.82. The van der Waals surface area contributed by atoms with E-state index in [4.69, 9.17) is 4.74 Å². The van der Waals surface area contributed by atoms with Gasteiger partial charge < -0.3 is 4.74 Å². The van der Waals surface area contributed by atoms with E-state index in [-0.39, 0.29) is 0 Å². The highest BCUT2D eigenvalue weighted by atomic mass is 16.5. The van der Waals surface area contributed by atoms with Crippen molar-refractivity contribution in [2.45, 2.75) is 0 Å². The van der Waals surface area contributed by atoms with Gasteiger partial charge >= 0.3 is 0 Å². The molecule has 0 aliphatic rings. The summed E-state index contributed by atoms with van der Waals surface area (Å²) in [6, 6.07) is 8.27. The minimum absolute atomic E-state index is 0.517. The summed E-state index contributed by atoms with van der Waals surface area (Å²) in [5, 5.41) is 6.79. The highest BCUT2D eigenvalue weighted by Crippen LogP contribution is 2.26. The van der Waals surface area contributed by atoms with E-state index in [9.17, 15) is 0 Å². The van der Waals surface area contributed by atoms with Crippen LogP contribution in [0.5, 0.6) is 5.88 Å². The Morgan fingerprint density at radius 2 is 1.82 bits per heavy atom. The maximum absolute atomic E-state index is 5.24. The SMILES string of the molecule is COc1nccn2c(-c3ccc(-c4cn[nH]c4)cc3)cnc12. The molecule has 4 aromatic rings. The van der Waals surface area contributed by atoms with E-state index in [1.54, 1.807) is 19.5 Å². The molecule has 0 atom stereocenters. The average molecular weight is 291 g/mol. The summed E-state index contributed by atoms with van der Waals surface area (Å²) >= 11 is 0. The standard InChI is InChI=1S/C16H13N5O/c1-22-16-15-18-10-14(21(15)7-6-17-16)12-4-2-11(3-5-12)13-8-19-20-9-13/h2-10H,1H3,(H,19,20). The molecule has 6 heteroatoms. The lowest BCUT2D eigenvalue weighted by atomic mass is 10.1. The van der Waals surface area contributed by atoms with Gasteiger partial charge in [-0.25, -0.2) is 9.97 Å². The summed E-state index contributed by atoms with van der Waals surface area (Å²) in [5.74, 6) is 0.517. The number of nitrogens with one attached hydrogen (secondary N) is 1. The molecule has 0 saturated carbocycles. The van der Waals surface area contributed by atoms with Crippen molar-refractivity contribution in [1.29, 1.82) is 0 Å². The molecule has 3 heterocycles. The van der Waals surface area contributed by atoms with Crippen LogP contribution in [-0.4, -0.2) is 31.7 Å². The summed E-state index contributed by atoms with van der Waals surface area (Å²) in [7, 11) is 1.59. The molecule has 1 N–H and O–H groups in total. The number of ether oxygens (including phenoxy) is 1. The van der Waals surface area contributed by atoms with Crippen LogP contribution in [0.15, 0.2) is 55.2 Å². The average Bonchev–Trinajstić information content (AvgIpc) is 3.24. The smallest absolute Gasteiger partial charge is 0.258 e. The van der Waals surface area contributed by atoms with Crippen LogP contribution in [0, 0.1) is 0 Å². The highest BCUT2D eigenvalue weighted by molar-refractivity contribution is 5.70. The molecule has 0 aliphatic carbocycles. The van der Waals surface area contributed by atoms with Gasteiger partial charge in [-0.2, -0.15) is 5.10 Å². The van der Waals surface area contributed by atoms with Crippen molar-refractivity contribution in [2.75, 3.05) is 7.11 Å². The number of aromatic amines is 1. The normalized spacial score (nSPS) is 11.0. The number of aromatic nitrogens is 5. The van der Waals surface area contributed by atoms with E-state index >= 15 is 0 Å². The molecule has 0 unspecified atom stereocenters. The fraction of sp³-hybridized carbons (Fsp3) is 0.0625. The lowest BCUT2D eigenvalue weighted by Gasteiger charge is -2.05. The van der Waals surface area contributed by atoms with Gasteiger partial charge in [0.2, 0.25) is 5.65 Å². The van der Waals surface area contributed by atoms with Crippen molar-refractivity contribution in [3.8, 4) is 28.3 Å². The summed E-state index contributed by atoms with van der Waals surface area (Å²) in [5.41, 5.74) is 4.96. The molecule has 3 aromatic heterocycles. The monoisotopic (exact) mass is 291 g/mol. The van der Waals surface area contributed by atoms with Crippen molar-refractivity contribution in [3.05, 3.63) is 55.2 Å². The maximum atomic E-state index is 5.24. The molecule has 0 saturated heterocycles. The van der Waals surface area contributed by atoms with Crippen LogP contribution >= 0.6 is 0 Å². The van der Waals surface area contributed by atoms with E-state index < -0.39 is 0 Å². The lowest BCUT2D eigenvalue weighted by molar-refractivity contribution is 0.400. The van der Waals surface area contributed by atoms with Crippen LogP contribution in [-0.2, 0) is 0 Å². The van der Waals surface area contributed by atoms with Gasteiger partial charge in [-0.3, -0.25) is 9.50 Å². The van der Waals surface area contributed by atoms with E-state index in [2.05, 4.69) is 44.4 Å². The molecule has 0 fully saturated rings. The van der Waals surface area contributed by atoms with Crippen LogP contribution in [0.3, 0.4) is 0 Å². The first-order valence-corrected chi connectivity index (χ1v) is 6.82. The summed E-state index contributed by atoms with van der Waals surface area (Å²) in [4.78, 5) is 8.56. The molecule has 1 aromatic carbocycles. The molecule has 0 radical (unpaired) electrons. The van der Waals surface area contributed by atoms with E-state index in [0.717, 1.165) is 22.4 Å². The fourth-order valence-electron chi connectivity index (χ4n) is 2.50. The summed E-state index contributed by atoms with van der Waals surface area (Å²) < 4.78 is 7.21. The Labute approximate surface area is 126 Å². The minimum Gasteiger partial charge on any atom is -0.478 e. The zero-order valence-corrected chi connectivity index (χ0v) is 11.9. The van der Waals surface area contributed by atoms with Gasteiger partial charge in [0.1, 0.15) is 0 Å². The van der Waals surface area contributed by atoms with Crippen molar-refractivity contribution in [2.24, 2.45) is 0 Å². The van der Waals surface area contributed by atoms with Gasteiger partial charge in [0.05, 0.1) is 25.2 Å². The fourth-order valence-corrected chi connectivity index (χ4v) is 2.50. The van der Waals surface area contributed by atoms with Gasteiger partial charge in [0.25, 0.3) is 5.88 Å². The number of fused-ring (bicyclic) bond motifs is 1. The van der Waals surface area contributed by atoms with E-state index in [1.165, 1.54) is 0 Å². The van der Waals surface area contributed by atoms with Crippen LogP contribution in [0.1, 0.15) is 0 Å². The molecule has 4 rings (SSSR count). The Kier molecular flexibility index (Phi) is 2.86. The van der Waals surface area contributed by atoms with Gasteiger partial charge in [-0.15, -0.1) is 0 Å². The number of nitrogens with zero attached hydrogens (tertiary/aromatic N) is 4. The van der Waals surface area contributed by atoms with Gasteiger partial charge in [0.15, 0.2) is 0 Å². The topological polar surface area (TPSA) is 68.1 Å². The largest absolute Gasteiger partial charge is 0.478 e. The number of imidazole rings is 1. The molecule has 108 valence electrons. The van der Waals surface area contributed by atoms with Crippen molar-refractivity contribution >= 4 is 5.65 Å². The van der Waals surface area contributed by atoms with Crippen LogP contribution in [0.4, 0.5) is 0 Å². The molecule has 0 bridgehead atoms. The molecule has 22 heavy (non-hydrogen) atoms. The predicted molar refractivity (Wildman–Crippen MR) is 82.6 cm³/mol.